The van der Waals surface area contributed by atoms with Crippen molar-refractivity contribution in [2.45, 2.75) is 24.7 Å². The molecule has 0 amide bonds. The molecule has 19 heavy (non-hydrogen) atoms. The second kappa shape index (κ2) is 6.65. The summed E-state index contributed by atoms with van der Waals surface area (Å²) in [5, 5.41) is 9.64. The molecule has 3 atom stereocenters. The minimum atomic E-state index is -0.522. The molecule has 1 aliphatic rings. The second-order valence-corrected chi connectivity index (χ2v) is 5.22. The summed E-state index contributed by atoms with van der Waals surface area (Å²) in [4.78, 5) is 0. The van der Waals surface area contributed by atoms with Gasteiger partial charge in [-0.15, -0.1) is 0 Å². The first-order valence-electron chi connectivity index (χ1n) is 6.02. The van der Waals surface area contributed by atoms with Crippen LogP contribution < -0.4 is 4.74 Å². The number of aliphatic hydroxyl groups excluding tert-OH is 1. The van der Waals surface area contributed by atoms with Crippen molar-refractivity contribution < 1.29 is 23.7 Å². The molecule has 0 bridgehead atoms. The Hall–Kier alpha value is -0.690. The second-order valence-electron chi connectivity index (χ2n) is 4.36. The third-order valence-corrected chi connectivity index (χ3v) is 3.60. The number of hydrogen-bond acceptors (Lipinski definition) is 4. The van der Waals surface area contributed by atoms with Gasteiger partial charge in [-0.1, -0.05) is 0 Å². The van der Waals surface area contributed by atoms with E-state index in [1.807, 2.05) is 0 Å². The summed E-state index contributed by atoms with van der Waals surface area (Å²) in [5.41, 5.74) is 0. The first-order valence-corrected chi connectivity index (χ1v) is 6.81. The maximum Gasteiger partial charge on any atom is 0.137 e. The van der Waals surface area contributed by atoms with Crippen LogP contribution in [0.1, 0.15) is 6.42 Å². The zero-order valence-corrected chi connectivity index (χ0v) is 12.1. The molecule has 0 spiro atoms. The molecule has 0 radical (unpaired) electrons. The zero-order valence-electron chi connectivity index (χ0n) is 10.5. The number of benzene rings is 1. The molecule has 0 heterocycles. The molecule has 1 N–H and O–H groups in total. The maximum atomic E-state index is 13.1. The molecular weight excluding hydrogens is 319 g/mol. The predicted molar refractivity (Wildman–Crippen MR) is 70.8 cm³/mol. The van der Waals surface area contributed by atoms with Gasteiger partial charge in [-0.25, -0.2) is 4.39 Å². The Bertz CT molecular complexity index is 429. The lowest BCUT2D eigenvalue weighted by molar-refractivity contribution is -0.167. The summed E-state index contributed by atoms with van der Waals surface area (Å²) in [7, 11) is 1.59. The molecule has 1 saturated carbocycles. The average molecular weight is 335 g/mol. The highest BCUT2D eigenvalue weighted by Gasteiger charge is 2.42. The van der Waals surface area contributed by atoms with Crippen LogP contribution in [0.5, 0.6) is 5.75 Å². The maximum absolute atomic E-state index is 13.1. The highest BCUT2D eigenvalue weighted by molar-refractivity contribution is 9.10. The number of aliphatic hydroxyl groups is 1. The normalized spacial score (nSPS) is 26.0. The van der Waals surface area contributed by atoms with Crippen LogP contribution in [0.25, 0.3) is 0 Å². The summed E-state index contributed by atoms with van der Waals surface area (Å²) in [6.45, 7) is 0.878. The number of rotatable bonds is 6. The van der Waals surface area contributed by atoms with Crippen LogP contribution in [0.2, 0.25) is 0 Å². The largest absolute Gasteiger partial charge is 0.487 e. The number of ether oxygens (including phenoxy) is 3. The molecule has 1 fully saturated rings. The fraction of sp³-hybridized carbons (Fsp3) is 0.538. The van der Waals surface area contributed by atoms with Crippen molar-refractivity contribution in [3.63, 3.8) is 0 Å². The van der Waals surface area contributed by atoms with Crippen molar-refractivity contribution in [3.8, 4) is 5.75 Å². The molecule has 1 aromatic carbocycles. The molecule has 106 valence electrons. The van der Waals surface area contributed by atoms with E-state index in [0.717, 1.165) is 0 Å². The van der Waals surface area contributed by atoms with Crippen molar-refractivity contribution in [3.05, 3.63) is 28.5 Å². The molecule has 4 nitrogen and oxygen atoms in total. The first kappa shape index (κ1) is 14.7. The van der Waals surface area contributed by atoms with Gasteiger partial charge in [0, 0.05) is 13.5 Å². The Balaban J connectivity index is 1.89. The zero-order chi connectivity index (χ0) is 13.8. The lowest BCUT2D eigenvalue weighted by Gasteiger charge is -2.40. The summed E-state index contributed by atoms with van der Waals surface area (Å²) in [5.74, 6) is 0.208. The van der Waals surface area contributed by atoms with Crippen molar-refractivity contribution in [1.29, 1.82) is 0 Å². The van der Waals surface area contributed by atoms with Gasteiger partial charge in [0.25, 0.3) is 0 Å². The van der Waals surface area contributed by atoms with Gasteiger partial charge in [0.15, 0.2) is 0 Å². The smallest absolute Gasteiger partial charge is 0.137 e. The molecule has 0 aliphatic heterocycles. The third kappa shape index (κ3) is 3.66. The van der Waals surface area contributed by atoms with Crippen molar-refractivity contribution in [2.75, 3.05) is 20.3 Å². The van der Waals surface area contributed by atoms with E-state index in [9.17, 15) is 9.50 Å². The van der Waals surface area contributed by atoms with E-state index in [4.69, 9.17) is 14.2 Å². The quantitative estimate of drug-likeness (QED) is 0.809. The van der Waals surface area contributed by atoms with E-state index in [1.54, 1.807) is 19.2 Å². The molecule has 0 saturated heterocycles. The van der Waals surface area contributed by atoms with E-state index in [1.165, 1.54) is 6.07 Å². The minimum Gasteiger partial charge on any atom is -0.487 e. The van der Waals surface area contributed by atoms with E-state index in [2.05, 4.69) is 15.9 Å². The molecule has 0 aromatic heterocycles. The first-order chi connectivity index (χ1) is 9.11. The standard InChI is InChI=1S/C13H16BrFO4/c1-17-4-5-18-13-11(16)7-12(13)19-8-2-3-10(15)9(14)6-8/h2-3,6,11-13,16H,4-5,7H2,1H3. The molecule has 6 heteroatoms. The molecular formula is C13H16BrFO4. The van der Waals surface area contributed by atoms with Gasteiger partial charge in [0.1, 0.15) is 23.8 Å². The van der Waals surface area contributed by atoms with E-state index in [0.29, 0.717) is 29.9 Å². The van der Waals surface area contributed by atoms with Crippen LogP contribution in [0.15, 0.2) is 22.7 Å². The van der Waals surface area contributed by atoms with Gasteiger partial charge in [0.2, 0.25) is 0 Å². The van der Waals surface area contributed by atoms with Gasteiger partial charge >= 0.3 is 0 Å². The van der Waals surface area contributed by atoms with Crippen LogP contribution in [-0.2, 0) is 9.47 Å². The van der Waals surface area contributed by atoms with Crippen molar-refractivity contribution in [2.24, 2.45) is 0 Å². The molecule has 1 aromatic rings. The molecule has 1 aliphatic carbocycles. The average Bonchev–Trinajstić information content (AvgIpc) is 2.38. The Labute approximate surface area is 119 Å². The van der Waals surface area contributed by atoms with Crippen LogP contribution in [0, 0.1) is 5.82 Å². The number of methoxy groups -OCH3 is 1. The van der Waals surface area contributed by atoms with Crippen LogP contribution in [0.4, 0.5) is 4.39 Å². The summed E-state index contributed by atoms with van der Waals surface area (Å²) in [6, 6.07) is 4.44. The number of hydrogen-bond donors (Lipinski definition) is 1. The predicted octanol–water partition coefficient (Wildman–Crippen LogP) is 2.13. The van der Waals surface area contributed by atoms with Crippen LogP contribution in [-0.4, -0.2) is 43.7 Å². The van der Waals surface area contributed by atoms with Gasteiger partial charge in [0.05, 0.1) is 23.8 Å². The third-order valence-electron chi connectivity index (χ3n) is 3.00. The Morgan fingerprint density at radius 3 is 2.84 bits per heavy atom. The van der Waals surface area contributed by atoms with Crippen LogP contribution >= 0.6 is 15.9 Å². The van der Waals surface area contributed by atoms with Gasteiger partial charge in [-0.3, -0.25) is 0 Å². The van der Waals surface area contributed by atoms with E-state index in [-0.39, 0.29) is 18.0 Å². The number of halogens is 2. The minimum absolute atomic E-state index is 0.218. The summed E-state index contributed by atoms with van der Waals surface area (Å²) in [6.07, 6.45) is -0.596. The fourth-order valence-corrected chi connectivity index (χ4v) is 2.24. The van der Waals surface area contributed by atoms with Crippen molar-refractivity contribution >= 4 is 15.9 Å². The monoisotopic (exact) mass is 334 g/mol. The molecule has 3 unspecified atom stereocenters. The SMILES string of the molecule is COCCOC1C(O)CC1Oc1ccc(F)c(Br)c1. The lowest BCUT2D eigenvalue weighted by Crippen LogP contribution is -2.55. The van der Waals surface area contributed by atoms with Gasteiger partial charge in [-0.2, -0.15) is 0 Å². The van der Waals surface area contributed by atoms with Crippen molar-refractivity contribution in [1.82, 2.24) is 0 Å². The Morgan fingerprint density at radius 1 is 1.42 bits per heavy atom. The summed E-state index contributed by atoms with van der Waals surface area (Å²) >= 11 is 3.10. The van der Waals surface area contributed by atoms with Gasteiger partial charge in [-0.05, 0) is 34.1 Å². The highest BCUT2D eigenvalue weighted by atomic mass is 79.9. The fourth-order valence-electron chi connectivity index (χ4n) is 1.88. The Morgan fingerprint density at radius 2 is 2.21 bits per heavy atom. The highest BCUT2D eigenvalue weighted by Crippen LogP contribution is 2.30. The molecule has 2 rings (SSSR count). The topological polar surface area (TPSA) is 47.9 Å². The van der Waals surface area contributed by atoms with Crippen LogP contribution in [0.3, 0.4) is 0 Å². The summed E-state index contributed by atoms with van der Waals surface area (Å²) < 4.78 is 29.5. The van der Waals surface area contributed by atoms with E-state index < -0.39 is 6.10 Å². The van der Waals surface area contributed by atoms with Gasteiger partial charge < -0.3 is 19.3 Å². The lowest BCUT2D eigenvalue weighted by atomic mass is 9.88. The van der Waals surface area contributed by atoms with E-state index >= 15 is 0 Å². The Kier molecular flexibility index (Phi) is 5.15.